The third-order valence-electron chi connectivity index (χ3n) is 5.53. The van der Waals surface area contributed by atoms with E-state index in [0.717, 1.165) is 22.5 Å². The van der Waals surface area contributed by atoms with E-state index in [1.165, 1.54) is 11.0 Å². The number of carbonyl (C=O) groups is 2. The van der Waals surface area contributed by atoms with Crippen LogP contribution in [0, 0.1) is 6.92 Å². The molecule has 0 aliphatic rings. The van der Waals surface area contributed by atoms with Gasteiger partial charge in [0.1, 0.15) is 12.6 Å². The zero-order chi connectivity index (χ0) is 25.6. The number of amides is 2. The zero-order valence-electron chi connectivity index (χ0n) is 20.0. The first-order valence-electron chi connectivity index (χ1n) is 10.9. The molecule has 1 N–H and O–H groups in total. The van der Waals surface area contributed by atoms with Gasteiger partial charge in [-0.1, -0.05) is 48.3 Å². The average molecular weight is 529 g/mol. The van der Waals surface area contributed by atoms with Crippen LogP contribution in [0.15, 0.2) is 42.5 Å². The second-order valence-electron chi connectivity index (χ2n) is 8.35. The largest absolute Gasteiger partial charge is 0.352 e. The number of sulfonamides is 1. The summed E-state index contributed by atoms with van der Waals surface area (Å²) in [6.07, 6.45) is 1.76. The zero-order valence-corrected chi connectivity index (χ0v) is 22.3. The van der Waals surface area contributed by atoms with E-state index in [0.29, 0.717) is 15.6 Å². The summed E-state index contributed by atoms with van der Waals surface area (Å²) >= 11 is 12.3. The van der Waals surface area contributed by atoms with Crippen molar-refractivity contribution in [2.45, 2.75) is 52.7 Å². The number of benzene rings is 2. The van der Waals surface area contributed by atoms with Gasteiger partial charge in [0.25, 0.3) is 0 Å². The Morgan fingerprint density at radius 2 is 1.76 bits per heavy atom. The number of rotatable bonds is 10. The van der Waals surface area contributed by atoms with Crippen molar-refractivity contribution in [3.8, 4) is 0 Å². The van der Waals surface area contributed by atoms with E-state index in [9.17, 15) is 18.0 Å². The van der Waals surface area contributed by atoms with Crippen molar-refractivity contribution in [1.82, 2.24) is 10.2 Å². The van der Waals surface area contributed by atoms with E-state index in [4.69, 9.17) is 23.2 Å². The number of nitrogens with one attached hydrogen (secondary N) is 1. The molecular formula is C24H31Cl2N3O4S. The molecular weight excluding hydrogens is 497 g/mol. The quantitative estimate of drug-likeness (QED) is 0.495. The number of anilines is 1. The van der Waals surface area contributed by atoms with Gasteiger partial charge >= 0.3 is 0 Å². The van der Waals surface area contributed by atoms with Crippen LogP contribution >= 0.6 is 23.2 Å². The molecule has 2 amide bonds. The molecule has 7 nitrogen and oxygen atoms in total. The SMILES string of the molecule is CCC(C)NC(=O)C(C)N(Cc1cccc(Cl)c1)C(=O)CN(c1ccc(C)c(Cl)c1)S(C)(=O)=O. The van der Waals surface area contributed by atoms with Crippen molar-refractivity contribution in [3.05, 3.63) is 63.6 Å². The van der Waals surface area contributed by atoms with Gasteiger partial charge in [0.2, 0.25) is 21.8 Å². The van der Waals surface area contributed by atoms with Crippen molar-refractivity contribution in [2.75, 3.05) is 17.1 Å². The van der Waals surface area contributed by atoms with Gasteiger partial charge in [-0.15, -0.1) is 0 Å². The van der Waals surface area contributed by atoms with E-state index in [-0.39, 0.29) is 24.2 Å². The molecule has 186 valence electrons. The van der Waals surface area contributed by atoms with Crippen molar-refractivity contribution in [3.63, 3.8) is 0 Å². The minimum Gasteiger partial charge on any atom is -0.352 e. The Bertz CT molecular complexity index is 1140. The normalized spacial score (nSPS) is 13.1. The van der Waals surface area contributed by atoms with Crippen molar-refractivity contribution in [1.29, 1.82) is 0 Å². The number of halogens is 2. The number of nitrogens with zero attached hydrogens (tertiary/aromatic N) is 2. The van der Waals surface area contributed by atoms with Crippen LogP contribution < -0.4 is 9.62 Å². The molecule has 0 aliphatic carbocycles. The van der Waals surface area contributed by atoms with Gasteiger partial charge in [-0.2, -0.15) is 0 Å². The molecule has 2 aromatic rings. The minimum absolute atomic E-state index is 0.0692. The maximum atomic E-state index is 13.5. The van der Waals surface area contributed by atoms with E-state index in [2.05, 4.69) is 5.32 Å². The van der Waals surface area contributed by atoms with Gasteiger partial charge in [0.05, 0.1) is 11.9 Å². The summed E-state index contributed by atoms with van der Waals surface area (Å²) in [5, 5.41) is 3.76. The van der Waals surface area contributed by atoms with Crippen LogP contribution in [0.2, 0.25) is 10.0 Å². The molecule has 34 heavy (non-hydrogen) atoms. The van der Waals surface area contributed by atoms with Crippen LogP contribution in [0.3, 0.4) is 0 Å². The molecule has 0 aromatic heterocycles. The molecule has 0 saturated carbocycles. The van der Waals surface area contributed by atoms with Gasteiger partial charge in [0, 0.05) is 22.6 Å². The fourth-order valence-corrected chi connectivity index (χ4v) is 4.46. The first-order valence-corrected chi connectivity index (χ1v) is 13.5. The third kappa shape index (κ3) is 7.61. The maximum absolute atomic E-state index is 13.5. The van der Waals surface area contributed by atoms with E-state index >= 15 is 0 Å². The Morgan fingerprint density at radius 3 is 2.32 bits per heavy atom. The molecule has 2 atom stereocenters. The second-order valence-corrected chi connectivity index (χ2v) is 11.1. The lowest BCUT2D eigenvalue weighted by Crippen LogP contribution is -2.52. The lowest BCUT2D eigenvalue weighted by Gasteiger charge is -2.32. The lowest BCUT2D eigenvalue weighted by atomic mass is 10.1. The number of hydrogen-bond acceptors (Lipinski definition) is 4. The monoisotopic (exact) mass is 527 g/mol. The van der Waals surface area contributed by atoms with Crippen LogP contribution in [-0.4, -0.2) is 50.0 Å². The molecule has 0 spiro atoms. The van der Waals surface area contributed by atoms with Crippen LogP contribution in [-0.2, 0) is 26.2 Å². The molecule has 2 unspecified atom stereocenters. The Hall–Kier alpha value is -2.29. The van der Waals surface area contributed by atoms with Gasteiger partial charge in [-0.3, -0.25) is 13.9 Å². The number of carbonyl (C=O) groups excluding carboxylic acids is 2. The second kappa shape index (κ2) is 11.9. The van der Waals surface area contributed by atoms with Crippen molar-refractivity contribution < 1.29 is 18.0 Å². The summed E-state index contributed by atoms with van der Waals surface area (Å²) in [7, 11) is -3.82. The molecule has 10 heteroatoms. The summed E-state index contributed by atoms with van der Waals surface area (Å²) in [5.74, 6) is -0.858. The highest BCUT2D eigenvalue weighted by Crippen LogP contribution is 2.25. The summed E-state index contributed by atoms with van der Waals surface area (Å²) in [6, 6.07) is 10.8. The van der Waals surface area contributed by atoms with Crippen LogP contribution in [0.5, 0.6) is 0 Å². The smallest absolute Gasteiger partial charge is 0.244 e. The number of hydrogen-bond donors (Lipinski definition) is 1. The highest BCUT2D eigenvalue weighted by molar-refractivity contribution is 7.92. The first-order chi connectivity index (χ1) is 15.8. The fourth-order valence-electron chi connectivity index (χ4n) is 3.23. The Labute approximate surface area is 212 Å². The van der Waals surface area contributed by atoms with Gasteiger partial charge in [0.15, 0.2) is 0 Å². The predicted octanol–water partition coefficient (Wildman–Crippen LogP) is 4.40. The topological polar surface area (TPSA) is 86.8 Å². The van der Waals surface area contributed by atoms with Crippen molar-refractivity contribution >= 4 is 50.7 Å². The molecule has 0 bridgehead atoms. The molecule has 0 saturated heterocycles. The summed E-state index contributed by atoms with van der Waals surface area (Å²) in [6.45, 7) is 6.84. The molecule has 2 rings (SSSR count). The first kappa shape index (κ1) is 28.0. The van der Waals surface area contributed by atoms with Crippen molar-refractivity contribution in [2.24, 2.45) is 0 Å². The number of aryl methyl sites for hydroxylation is 1. The predicted molar refractivity (Wildman–Crippen MR) is 138 cm³/mol. The molecule has 2 aromatic carbocycles. The lowest BCUT2D eigenvalue weighted by molar-refractivity contribution is -0.139. The van der Waals surface area contributed by atoms with Crippen LogP contribution in [0.4, 0.5) is 5.69 Å². The van der Waals surface area contributed by atoms with Crippen LogP contribution in [0.1, 0.15) is 38.3 Å². The van der Waals surface area contributed by atoms with Gasteiger partial charge in [-0.05, 0) is 62.6 Å². The van der Waals surface area contributed by atoms with Gasteiger partial charge in [-0.25, -0.2) is 8.42 Å². The molecule has 0 radical (unpaired) electrons. The third-order valence-corrected chi connectivity index (χ3v) is 7.32. The standard InChI is InChI=1S/C24H31Cl2N3O4S/c1-6-17(3)27-24(31)18(4)28(14-19-8-7-9-20(25)12-19)23(30)15-29(34(5,32)33)21-11-10-16(2)22(26)13-21/h7-13,17-18H,6,14-15H2,1-5H3,(H,27,31). The van der Waals surface area contributed by atoms with E-state index < -0.39 is 28.5 Å². The Balaban J connectivity index is 2.41. The van der Waals surface area contributed by atoms with E-state index in [1.807, 2.05) is 13.8 Å². The molecule has 0 fully saturated rings. The van der Waals surface area contributed by atoms with Crippen LogP contribution in [0.25, 0.3) is 0 Å². The fraction of sp³-hybridized carbons (Fsp3) is 0.417. The Morgan fingerprint density at radius 1 is 1.09 bits per heavy atom. The summed E-state index contributed by atoms with van der Waals surface area (Å²) in [5.41, 5.74) is 1.77. The Kier molecular flexibility index (Phi) is 9.79. The highest BCUT2D eigenvalue weighted by atomic mass is 35.5. The minimum atomic E-state index is -3.82. The molecule has 0 heterocycles. The maximum Gasteiger partial charge on any atom is 0.244 e. The highest BCUT2D eigenvalue weighted by Gasteiger charge is 2.30. The van der Waals surface area contributed by atoms with E-state index in [1.54, 1.807) is 50.2 Å². The summed E-state index contributed by atoms with van der Waals surface area (Å²) in [4.78, 5) is 27.7. The molecule has 0 aliphatic heterocycles. The average Bonchev–Trinajstić information content (AvgIpc) is 2.76. The summed E-state index contributed by atoms with van der Waals surface area (Å²) < 4.78 is 26.2. The van der Waals surface area contributed by atoms with Gasteiger partial charge < -0.3 is 10.2 Å².